The van der Waals surface area contributed by atoms with Gasteiger partial charge >= 0.3 is 0 Å². The number of rotatable bonds is 7. The van der Waals surface area contributed by atoms with Crippen LogP contribution in [-0.4, -0.2) is 64.1 Å². The number of amides is 1. The maximum atomic E-state index is 13.8. The van der Waals surface area contributed by atoms with Crippen LogP contribution in [0.1, 0.15) is 23.6 Å². The fourth-order valence-electron chi connectivity index (χ4n) is 5.33. The Bertz CT molecular complexity index is 1320. The summed E-state index contributed by atoms with van der Waals surface area (Å²) in [6.45, 7) is 4.80. The Hall–Kier alpha value is -4.11. The van der Waals surface area contributed by atoms with Gasteiger partial charge in [-0.2, -0.15) is 0 Å². The molecule has 9 nitrogen and oxygen atoms in total. The van der Waals surface area contributed by atoms with E-state index in [-0.39, 0.29) is 12.7 Å². The predicted molar refractivity (Wildman–Crippen MR) is 146 cm³/mol. The van der Waals surface area contributed by atoms with E-state index in [1.54, 1.807) is 7.11 Å². The third kappa shape index (κ3) is 5.40. The Labute approximate surface area is 228 Å². The molecule has 3 aromatic rings. The van der Waals surface area contributed by atoms with Gasteiger partial charge in [0.1, 0.15) is 11.8 Å². The highest BCUT2D eigenvalue weighted by Gasteiger charge is 2.32. The number of ether oxygens (including phenoxy) is 5. The van der Waals surface area contributed by atoms with Crippen LogP contribution >= 0.6 is 0 Å². The number of nitrogens with zero attached hydrogens (tertiary/aromatic N) is 2. The minimum absolute atomic E-state index is 0.0621. The topological polar surface area (TPSA) is 81.7 Å². The van der Waals surface area contributed by atoms with Crippen LogP contribution in [0.4, 0.5) is 5.69 Å². The zero-order chi connectivity index (χ0) is 26.6. The number of methoxy groups -OCH3 is 1. The summed E-state index contributed by atoms with van der Waals surface area (Å²) < 4.78 is 28.3. The summed E-state index contributed by atoms with van der Waals surface area (Å²) in [5.74, 6) is 3.62. The molecule has 0 aromatic heterocycles. The van der Waals surface area contributed by atoms with E-state index < -0.39 is 6.04 Å². The Morgan fingerprint density at radius 2 is 1.59 bits per heavy atom. The van der Waals surface area contributed by atoms with Crippen LogP contribution in [0.3, 0.4) is 0 Å². The number of hydrogen-bond acceptors (Lipinski definition) is 8. The second-order valence-corrected chi connectivity index (χ2v) is 9.76. The van der Waals surface area contributed by atoms with Gasteiger partial charge in [0, 0.05) is 39.1 Å². The van der Waals surface area contributed by atoms with E-state index in [0.717, 1.165) is 53.6 Å². The lowest BCUT2D eigenvalue weighted by Crippen LogP contribution is -2.51. The van der Waals surface area contributed by atoms with E-state index in [9.17, 15) is 4.79 Å². The zero-order valence-corrected chi connectivity index (χ0v) is 22.1. The summed E-state index contributed by atoms with van der Waals surface area (Å²) in [6, 6.07) is 19.2. The minimum Gasteiger partial charge on any atom is -0.495 e. The first-order valence-electron chi connectivity index (χ1n) is 13.4. The van der Waals surface area contributed by atoms with E-state index in [1.165, 1.54) is 0 Å². The van der Waals surface area contributed by atoms with Gasteiger partial charge < -0.3 is 33.9 Å². The third-order valence-electron chi connectivity index (χ3n) is 7.34. The lowest BCUT2D eigenvalue weighted by molar-refractivity contribution is -0.127. The molecule has 1 saturated heterocycles. The van der Waals surface area contributed by atoms with Crippen LogP contribution in [0.15, 0.2) is 60.7 Å². The second-order valence-electron chi connectivity index (χ2n) is 9.76. The second kappa shape index (κ2) is 11.3. The average Bonchev–Trinajstić information content (AvgIpc) is 3.32. The molecule has 1 N–H and O–H groups in total. The first-order valence-corrected chi connectivity index (χ1v) is 13.4. The molecule has 1 amide bonds. The molecular weight excluding hydrogens is 498 g/mol. The maximum absolute atomic E-state index is 13.8. The Morgan fingerprint density at radius 3 is 2.44 bits per heavy atom. The first kappa shape index (κ1) is 25.2. The Morgan fingerprint density at radius 1 is 0.872 bits per heavy atom. The van der Waals surface area contributed by atoms with Crippen molar-refractivity contribution in [3.8, 4) is 28.7 Å². The van der Waals surface area contributed by atoms with Crippen molar-refractivity contribution in [3.63, 3.8) is 0 Å². The number of hydrogen-bond donors (Lipinski definition) is 1. The summed E-state index contributed by atoms with van der Waals surface area (Å²) in [5, 5.41) is 3.16. The molecule has 3 aliphatic rings. The van der Waals surface area contributed by atoms with Crippen molar-refractivity contribution in [2.24, 2.45) is 0 Å². The van der Waals surface area contributed by atoms with Crippen LogP contribution in [0.5, 0.6) is 28.7 Å². The summed E-state index contributed by atoms with van der Waals surface area (Å²) >= 11 is 0. The molecule has 1 atom stereocenters. The standard InChI is InChI=1S/C30H33N3O6/c1-35-24-6-3-2-5-23(24)32-11-13-33(14-12-32)29(22-8-10-25-28(18-22)37-16-4-15-36-25)30(34)31-19-21-7-9-26-27(17-21)39-20-38-26/h2-3,5-10,17-18,29H,4,11-16,19-20H2,1H3,(H,31,34). The molecule has 0 aliphatic carbocycles. The number of carbonyl (C=O) groups is 1. The molecule has 3 aromatic carbocycles. The van der Waals surface area contributed by atoms with Crippen LogP contribution in [0.2, 0.25) is 0 Å². The molecule has 0 spiro atoms. The fraction of sp³-hybridized carbons (Fsp3) is 0.367. The van der Waals surface area contributed by atoms with Gasteiger partial charge in [-0.15, -0.1) is 0 Å². The molecule has 6 rings (SSSR count). The normalized spacial score (nSPS) is 17.3. The Balaban J connectivity index is 1.22. The minimum atomic E-state index is -0.476. The van der Waals surface area contributed by atoms with E-state index in [0.29, 0.717) is 44.3 Å². The quantitative estimate of drug-likeness (QED) is 0.494. The van der Waals surface area contributed by atoms with Crippen LogP contribution in [0.25, 0.3) is 0 Å². The van der Waals surface area contributed by atoms with Crippen molar-refractivity contribution < 1.29 is 28.5 Å². The molecule has 1 fully saturated rings. The molecule has 0 bridgehead atoms. The van der Waals surface area contributed by atoms with Crippen LogP contribution in [-0.2, 0) is 11.3 Å². The van der Waals surface area contributed by atoms with Crippen molar-refractivity contribution in [2.75, 3.05) is 58.2 Å². The third-order valence-corrected chi connectivity index (χ3v) is 7.34. The molecular formula is C30H33N3O6. The fourth-order valence-corrected chi connectivity index (χ4v) is 5.33. The highest BCUT2D eigenvalue weighted by molar-refractivity contribution is 5.83. The van der Waals surface area contributed by atoms with E-state index in [4.69, 9.17) is 23.7 Å². The number of carbonyl (C=O) groups excluding carboxylic acids is 1. The molecule has 9 heteroatoms. The number of benzene rings is 3. The number of fused-ring (bicyclic) bond motifs is 2. The summed E-state index contributed by atoms with van der Waals surface area (Å²) in [7, 11) is 1.69. The summed E-state index contributed by atoms with van der Waals surface area (Å²) in [6.07, 6.45) is 0.828. The molecule has 3 heterocycles. The van der Waals surface area contributed by atoms with Gasteiger partial charge in [-0.1, -0.05) is 24.3 Å². The highest BCUT2D eigenvalue weighted by Crippen LogP contribution is 2.36. The molecule has 3 aliphatic heterocycles. The number of anilines is 1. The van der Waals surface area contributed by atoms with Gasteiger partial charge in [0.05, 0.1) is 26.0 Å². The van der Waals surface area contributed by atoms with Gasteiger partial charge in [-0.05, 0) is 47.5 Å². The van der Waals surface area contributed by atoms with Crippen LogP contribution < -0.4 is 33.9 Å². The molecule has 204 valence electrons. The lowest BCUT2D eigenvalue weighted by Gasteiger charge is -2.40. The monoisotopic (exact) mass is 531 g/mol. The van der Waals surface area contributed by atoms with Crippen molar-refractivity contribution >= 4 is 11.6 Å². The molecule has 0 saturated carbocycles. The lowest BCUT2D eigenvalue weighted by atomic mass is 10.0. The van der Waals surface area contributed by atoms with Crippen molar-refractivity contribution in [1.29, 1.82) is 0 Å². The molecule has 39 heavy (non-hydrogen) atoms. The first-order chi connectivity index (χ1) is 19.2. The number of para-hydroxylation sites is 2. The van der Waals surface area contributed by atoms with Gasteiger partial charge in [0.25, 0.3) is 0 Å². The van der Waals surface area contributed by atoms with E-state index in [1.807, 2.05) is 54.6 Å². The smallest absolute Gasteiger partial charge is 0.242 e. The molecule has 1 unspecified atom stereocenters. The Kier molecular flexibility index (Phi) is 7.31. The average molecular weight is 532 g/mol. The molecule has 0 radical (unpaired) electrons. The van der Waals surface area contributed by atoms with Gasteiger partial charge in [-0.25, -0.2) is 0 Å². The largest absolute Gasteiger partial charge is 0.495 e. The summed E-state index contributed by atoms with van der Waals surface area (Å²) in [5.41, 5.74) is 2.90. The van der Waals surface area contributed by atoms with Crippen molar-refractivity contribution in [3.05, 3.63) is 71.8 Å². The number of nitrogens with one attached hydrogen (secondary N) is 1. The SMILES string of the molecule is COc1ccccc1N1CCN(C(C(=O)NCc2ccc3c(c2)OCO3)c2ccc3c(c2)OCCCO3)CC1. The maximum Gasteiger partial charge on any atom is 0.242 e. The number of piperazine rings is 1. The van der Waals surface area contributed by atoms with E-state index >= 15 is 0 Å². The highest BCUT2D eigenvalue weighted by atomic mass is 16.7. The van der Waals surface area contributed by atoms with Gasteiger partial charge in [0.2, 0.25) is 12.7 Å². The van der Waals surface area contributed by atoms with Crippen molar-refractivity contribution in [2.45, 2.75) is 19.0 Å². The zero-order valence-electron chi connectivity index (χ0n) is 22.1. The van der Waals surface area contributed by atoms with Gasteiger partial charge in [0.15, 0.2) is 23.0 Å². The predicted octanol–water partition coefficient (Wildman–Crippen LogP) is 3.76. The van der Waals surface area contributed by atoms with Crippen LogP contribution in [0, 0.1) is 0 Å². The summed E-state index contributed by atoms with van der Waals surface area (Å²) in [4.78, 5) is 18.4. The van der Waals surface area contributed by atoms with Gasteiger partial charge in [-0.3, -0.25) is 9.69 Å². The van der Waals surface area contributed by atoms with Crippen molar-refractivity contribution in [1.82, 2.24) is 10.2 Å². The van der Waals surface area contributed by atoms with E-state index in [2.05, 4.69) is 21.2 Å².